The van der Waals surface area contributed by atoms with Gasteiger partial charge in [-0.25, -0.2) is 9.59 Å². The molecular formula is C18H18INO3S. The van der Waals surface area contributed by atoms with Gasteiger partial charge in [-0.1, -0.05) is 30.3 Å². The molecular weight excluding hydrogens is 437 g/mol. The van der Waals surface area contributed by atoms with Gasteiger partial charge in [0.1, 0.15) is 6.04 Å². The second-order valence-corrected chi connectivity index (χ2v) is 7.38. The predicted octanol–water partition coefficient (Wildman–Crippen LogP) is 3.72. The zero-order valence-electron chi connectivity index (χ0n) is 13.2. The molecule has 0 unspecified atom stereocenters. The summed E-state index contributed by atoms with van der Waals surface area (Å²) in [5, 5.41) is 0. The maximum Gasteiger partial charge on any atom is 0.346 e. The van der Waals surface area contributed by atoms with E-state index < -0.39 is 18.0 Å². The highest BCUT2D eigenvalue weighted by Gasteiger charge is 2.22. The molecule has 0 fully saturated rings. The molecule has 0 saturated heterocycles. The Balaban J connectivity index is 2.22. The average Bonchev–Trinajstić information content (AvgIpc) is 2.60. The summed E-state index contributed by atoms with van der Waals surface area (Å²) in [6.45, 7) is 0. The van der Waals surface area contributed by atoms with Crippen LogP contribution in [0.2, 0.25) is 0 Å². The number of benzene rings is 2. The van der Waals surface area contributed by atoms with Crippen molar-refractivity contribution in [2.45, 2.75) is 12.5 Å². The molecule has 0 saturated carbocycles. The van der Waals surface area contributed by atoms with E-state index in [1.165, 1.54) is 0 Å². The number of thioether (sulfide) groups is 1. The molecule has 6 heteroatoms. The first-order chi connectivity index (χ1) is 11.5. The Morgan fingerprint density at radius 2 is 1.92 bits per heavy atom. The van der Waals surface area contributed by atoms with E-state index in [4.69, 9.17) is 10.5 Å². The summed E-state index contributed by atoms with van der Waals surface area (Å²) >= 11 is 3.77. The fraction of sp³-hybridized carbons (Fsp3) is 0.222. The van der Waals surface area contributed by atoms with Gasteiger partial charge >= 0.3 is 11.9 Å². The highest BCUT2D eigenvalue weighted by Crippen LogP contribution is 2.26. The summed E-state index contributed by atoms with van der Waals surface area (Å²) in [5.74, 6) is -0.620. The number of carbonyl (C=O) groups excluding carboxylic acids is 2. The van der Waals surface area contributed by atoms with E-state index in [0.717, 1.165) is 20.4 Å². The monoisotopic (exact) mass is 455 g/mol. The molecule has 0 aliphatic carbocycles. The van der Waals surface area contributed by atoms with Gasteiger partial charge in [0, 0.05) is 3.57 Å². The first-order valence-corrected chi connectivity index (χ1v) is 9.85. The first kappa shape index (κ1) is 19.0. The standard InChI is InChI=1S/C18H18INO3S/c1-24-10-9-16(20)18(22)23-17(21)14-8-7-13(19)11-15(14)12-5-3-2-4-6-12/h2-8,11,16H,9-10,20H2,1H3/t16-/m0/s1. The number of carbonyl (C=O) groups is 2. The molecule has 2 aromatic carbocycles. The lowest BCUT2D eigenvalue weighted by atomic mass is 10.00. The van der Waals surface area contributed by atoms with E-state index in [1.54, 1.807) is 17.8 Å². The number of rotatable bonds is 6. The fourth-order valence-electron chi connectivity index (χ4n) is 2.14. The molecule has 0 aromatic heterocycles. The Labute approximate surface area is 159 Å². The predicted molar refractivity (Wildman–Crippen MR) is 106 cm³/mol. The Hall–Kier alpha value is -1.38. The normalized spacial score (nSPS) is 11.8. The van der Waals surface area contributed by atoms with Crippen molar-refractivity contribution in [2.24, 2.45) is 5.73 Å². The molecule has 0 radical (unpaired) electrons. The maximum atomic E-state index is 12.4. The van der Waals surface area contributed by atoms with Crippen molar-refractivity contribution in [1.82, 2.24) is 0 Å². The highest BCUT2D eigenvalue weighted by atomic mass is 127. The summed E-state index contributed by atoms with van der Waals surface area (Å²) in [7, 11) is 0. The Bertz CT molecular complexity index is 721. The molecule has 2 rings (SSSR count). The Morgan fingerprint density at radius 1 is 1.21 bits per heavy atom. The van der Waals surface area contributed by atoms with Crippen LogP contribution in [0.25, 0.3) is 11.1 Å². The van der Waals surface area contributed by atoms with Crippen LogP contribution in [-0.4, -0.2) is 30.0 Å². The van der Waals surface area contributed by atoms with Gasteiger partial charge in [-0.3, -0.25) is 0 Å². The van der Waals surface area contributed by atoms with Gasteiger partial charge in [0.15, 0.2) is 0 Å². The third-order valence-electron chi connectivity index (χ3n) is 3.42. The van der Waals surface area contributed by atoms with E-state index in [9.17, 15) is 9.59 Å². The minimum absolute atomic E-state index is 0.354. The molecule has 0 amide bonds. The van der Waals surface area contributed by atoms with Crippen LogP contribution in [-0.2, 0) is 9.53 Å². The molecule has 0 spiro atoms. The molecule has 0 aliphatic heterocycles. The van der Waals surface area contributed by atoms with Crippen LogP contribution in [0.5, 0.6) is 0 Å². The lowest BCUT2D eigenvalue weighted by Crippen LogP contribution is -2.34. The number of nitrogens with two attached hydrogens (primary N) is 1. The molecule has 2 aromatic rings. The summed E-state index contributed by atoms with van der Waals surface area (Å²) < 4.78 is 5.97. The number of halogens is 1. The second kappa shape index (κ2) is 9.19. The third-order valence-corrected chi connectivity index (χ3v) is 4.73. The quantitative estimate of drug-likeness (QED) is 0.409. The molecule has 4 nitrogen and oxygen atoms in total. The Morgan fingerprint density at radius 3 is 2.58 bits per heavy atom. The molecule has 2 N–H and O–H groups in total. The van der Waals surface area contributed by atoms with Gasteiger partial charge in [-0.2, -0.15) is 11.8 Å². The van der Waals surface area contributed by atoms with Crippen molar-refractivity contribution < 1.29 is 14.3 Å². The van der Waals surface area contributed by atoms with Crippen LogP contribution in [0, 0.1) is 3.57 Å². The molecule has 1 atom stereocenters. The van der Waals surface area contributed by atoms with E-state index in [-0.39, 0.29) is 0 Å². The lowest BCUT2D eigenvalue weighted by Gasteiger charge is -2.12. The average molecular weight is 455 g/mol. The number of hydrogen-bond donors (Lipinski definition) is 1. The van der Waals surface area contributed by atoms with Crippen LogP contribution in [0.3, 0.4) is 0 Å². The van der Waals surface area contributed by atoms with Gasteiger partial charge in [0.05, 0.1) is 5.56 Å². The van der Waals surface area contributed by atoms with Crippen molar-refractivity contribution in [3.63, 3.8) is 0 Å². The fourth-order valence-corrected chi connectivity index (χ4v) is 3.12. The zero-order valence-corrected chi connectivity index (χ0v) is 16.2. The topological polar surface area (TPSA) is 69.4 Å². The van der Waals surface area contributed by atoms with Gasteiger partial charge in [0.2, 0.25) is 0 Å². The zero-order chi connectivity index (χ0) is 17.5. The van der Waals surface area contributed by atoms with Crippen LogP contribution < -0.4 is 5.73 Å². The van der Waals surface area contributed by atoms with Crippen LogP contribution in [0.4, 0.5) is 0 Å². The number of esters is 2. The molecule has 0 bridgehead atoms. The molecule has 0 aliphatic rings. The smallest absolute Gasteiger partial charge is 0.346 e. The molecule has 126 valence electrons. The first-order valence-electron chi connectivity index (χ1n) is 7.38. The van der Waals surface area contributed by atoms with Gasteiger partial charge < -0.3 is 10.5 Å². The number of hydrogen-bond acceptors (Lipinski definition) is 5. The van der Waals surface area contributed by atoms with Crippen LogP contribution >= 0.6 is 34.4 Å². The summed E-state index contributed by atoms with van der Waals surface area (Å²) in [6.07, 6.45) is 2.41. The van der Waals surface area contributed by atoms with E-state index in [2.05, 4.69) is 22.6 Å². The van der Waals surface area contributed by atoms with Gasteiger partial charge in [0.25, 0.3) is 0 Å². The van der Waals surface area contributed by atoms with Crippen molar-refractivity contribution in [3.8, 4) is 11.1 Å². The lowest BCUT2D eigenvalue weighted by molar-refractivity contribution is -0.139. The second-order valence-electron chi connectivity index (χ2n) is 5.15. The van der Waals surface area contributed by atoms with Crippen molar-refractivity contribution >= 4 is 46.3 Å². The van der Waals surface area contributed by atoms with E-state index >= 15 is 0 Å². The Kier molecular flexibility index (Phi) is 7.26. The SMILES string of the molecule is CSCC[C@H](N)C(=O)OC(=O)c1ccc(I)cc1-c1ccccc1. The third kappa shape index (κ3) is 5.06. The van der Waals surface area contributed by atoms with Crippen molar-refractivity contribution in [2.75, 3.05) is 12.0 Å². The summed E-state index contributed by atoms with van der Waals surface area (Å²) in [5.41, 5.74) is 7.74. The molecule has 0 heterocycles. The summed E-state index contributed by atoms with van der Waals surface area (Å²) in [4.78, 5) is 24.4. The minimum Gasteiger partial charge on any atom is -0.388 e. The highest BCUT2D eigenvalue weighted by molar-refractivity contribution is 14.1. The van der Waals surface area contributed by atoms with Crippen molar-refractivity contribution in [3.05, 3.63) is 57.7 Å². The molecule has 24 heavy (non-hydrogen) atoms. The maximum absolute atomic E-state index is 12.4. The summed E-state index contributed by atoms with van der Waals surface area (Å²) in [6, 6.07) is 14.1. The van der Waals surface area contributed by atoms with Crippen LogP contribution in [0.15, 0.2) is 48.5 Å². The number of ether oxygens (including phenoxy) is 1. The van der Waals surface area contributed by atoms with E-state index in [1.807, 2.05) is 48.7 Å². The largest absolute Gasteiger partial charge is 0.388 e. The van der Waals surface area contributed by atoms with Gasteiger partial charge in [-0.05, 0) is 70.3 Å². The van der Waals surface area contributed by atoms with Gasteiger partial charge in [-0.15, -0.1) is 0 Å². The van der Waals surface area contributed by atoms with E-state index in [0.29, 0.717) is 12.0 Å². The van der Waals surface area contributed by atoms with Crippen molar-refractivity contribution in [1.29, 1.82) is 0 Å². The minimum atomic E-state index is -0.787. The van der Waals surface area contributed by atoms with Crippen LogP contribution in [0.1, 0.15) is 16.8 Å².